The van der Waals surface area contributed by atoms with Crippen molar-refractivity contribution in [3.63, 3.8) is 0 Å². The highest BCUT2D eigenvalue weighted by Gasteiger charge is 2.17. The zero-order chi connectivity index (χ0) is 13.1. The van der Waals surface area contributed by atoms with E-state index in [-0.39, 0.29) is 10.6 Å². The van der Waals surface area contributed by atoms with Crippen LogP contribution in [0.1, 0.15) is 0 Å². The van der Waals surface area contributed by atoms with Crippen LogP contribution < -0.4 is 0 Å². The molecule has 0 N–H and O–H groups in total. The highest BCUT2D eigenvalue weighted by atomic mass is 127. The molecule has 0 aliphatic rings. The van der Waals surface area contributed by atoms with Crippen LogP contribution in [0.2, 0.25) is 5.02 Å². The molecule has 3 nitrogen and oxygen atoms in total. The number of halogens is 2. The van der Waals surface area contributed by atoms with E-state index in [9.17, 15) is 10.1 Å². The fraction of sp³-hybridized carbons (Fsp3) is 0. The summed E-state index contributed by atoms with van der Waals surface area (Å²) in [5.41, 5.74) is 0.127. The third kappa shape index (κ3) is 3.15. The van der Waals surface area contributed by atoms with Crippen LogP contribution in [-0.2, 0) is 0 Å². The van der Waals surface area contributed by atoms with Gasteiger partial charge in [0.2, 0.25) is 0 Å². The third-order valence-electron chi connectivity index (χ3n) is 2.18. The van der Waals surface area contributed by atoms with Crippen molar-refractivity contribution in [3.05, 3.63) is 61.2 Å². The van der Waals surface area contributed by atoms with Crippen molar-refractivity contribution in [2.24, 2.45) is 0 Å². The Morgan fingerprint density at radius 2 is 1.83 bits per heavy atom. The van der Waals surface area contributed by atoms with E-state index in [2.05, 4.69) is 22.6 Å². The van der Waals surface area contributed by atoms with Gasteiger partial charge in [-0.3, -0.25) is 10.1 Å². The molecule has 0 bridgehead atoms. The molecule has 0 amide bonds. The van der Waals surface area contributed by atoms with E-state index in [1.165, 1.54) is 17.8 Å². The highest BCUT2D eigenvalue weighted by molar-refractivity contribution is 14.1. The van der Waals surface area contributed by atoms with E-state index in [1.54, 1.807) is 18.2 Å². The van der Waals surface area contributed by atoms with Crippen LogP contribution in [0.4, 0.5) is 5.69 Å². The summed E-state index contributed by atoms with van der Waals surface area (Å²) >= 11 is 9.28. The van der Waals surface area contributed by atoms with E-state index < -0.39 is 0 Å². The van der Waals surface area contributed by atoms with Gasteiger partial charge in [0.1, 0.15) is 4.90 Å². The molecule has 2 aromatic rings. The zero-order valence-corrected chi connectivity index (χ0v) is 12.7. The van der Waals surface area contributed by atoms with Gasteiger partial charge in [0.05, 0.1) is 4.92 Å². The Labute approximate surface area is 127 Å². The Morgan fingerprint density at radius 1 is 1.17 bits per heavy atom. The molecule has 0 heterocycles. The predicted molar refractivity (Wildman–Crippen MR) is 81.4 cm³/mol. The lowest BCUT2D eigenvalue weighted by Gasteiger charge is -2.05. The van der Waals surface area contributed by atoms with Gasteiger partial charge in [-0.15, -0.1) is 0 Å². The molecule has 0 spiro atoms. The Bertz CT molecular complexity index is 589. The fourth-order valence-electron chi connectivity index (χ4n) is 1.36. The van der Waals surface area contributed by atoms with Crippen molar-refractivity contribution in [1.29, 1.82) is 0 Å². The topological polar surface area (TPSA) is 43.1 Å². The van der Waals surface area contributed by atoms with Crippen molar-refractivity contribution in [2.75, 3.05) is 0 Å². The minimum Gasteiger partial charge on any atom is -0.258 e. The fourth-order valence-corrected chi connectivity index (χ4v) is 3.22. The second-order valence-electron chi connectivity index (χ2n) is 3.40. The van der Waals surface area contributed by atoms with Crippen molar-refractivity contribution in [1.82, 2.24) is 0 Å². The summed E-state index contributed by atoms with van der Waals surface area (Å²) < 4.78 is 0.863. The van der Waals surface area contributed by atoms with E-state index in [4.69, 9.17) is 11.6 Å². The van der Waals surface area contributed by atoms with Crippen LogP contribution in [0.3, 0.4) is 0 Å². The summed E-state index contributed by atoms with van der Waals surface area (Å²) in [6.45, 7) is 0. The first-order valence-corrected chi connectivity index (χ1v) is 7.21. The maximum absolute atomic E-state index is 11.0. The Morgan fingerprint density at radius 3 is 2.44 bits per heavy atom. The van der Waals surface area contributed by atoms with Crippen LogP contribution in [-0.4, -0.2) is 4.92 Å². The predicted octanol–water partition coefficient (Wildman–Crippen LogP) is 5.00. The van der Waals surface area contributed by atoms with Gasteiger partial charge in [-0.25, -0.2) is 0 Å². The first kappa shape index (κ1) is 13.6. The molecule has 18 heavy (non-hydrogen) atoms. The Balaban J connectivity index is 2.39. The summed E-state index contributed by atoms with van der Waals surface area (Å²) in [6, 6.07) is 12.3. The molecule has 0 aromatic heterocycles. The second-order valence-corrected chi connectivity index (χ2v) is 6.08. The van der Waals surface area contributed by atoms with Crippen molar-refractivity contribution < 1.29 is 4.92 Å². The average molecular weight is 392 g/mol. The third-order valence-corrected chi connectivity index (χ3v) is 4.83. The molecule has 0 unspecified atom stereocenters. The standard InChI is InChI=1S/C12H7ClINO2S/c13-8-4-6-9(7-5-8)18-12-10(14)2-1-3-11(12)15(16)17/h1-7H. The van der Waals surface area contributed by atoms with E-state index in [1.807, 2.05) is 18.2 Å². The van der Waals surface area contributed by atoms with Crippen LogP contribution in [0, 0.1) is 13.7 Å². The molecule has 0 fully saturated rings. The summed E-state index contributed by atoms with van der Waals surface area (Å²) in [5.74, 6) is 0. The smallest absolute Gasteiger partial charge is 0.258 e. The molecule has 0 saturated heterocycles. The van der Waals surface area contributed by atoms with E-state index in [0.29, 0.717) is 9.92 Å². The average Bonchev–Trinajstić information content (AvgIpc) is 2.34. The number of nitrogens with zero attached hydrogens (tertiary/aromatic N) is 1. The number of rotatable bonds is 3. The van der Waals surface area contributed by atoms with Crippen molar-refractivity contribution in [2.45, 2.75) is 9.79 Å². The summed E-state index contributed by atoms with van der Waals surface area (Å²) in [7, 11) is 0. The van der Waals surface area contributed by atoms with Crippen molar-refractivity contribution >= 4 is 51.6 Å². The zero-order valence-electron chi connectivity index (χ0n) is 8.97. The van der Waals surface area contributed by atoms with Crippen LogP contribution in [0.15, 0.2) is 52.3 Å². The van der Waals surface area contributed by atoms with Gasteiger partial charge < -0.3 is 0 Å². The van der Waals surface area contributed by atoms with Gasteiger partial charge in [0.15, 0.2) is 0 Å². The first-order valence-electron chi connectivity index (χ1n) is 4.94. The van der Waals surface area contributed by atoms with Gasteiger partial charge in [0.25, 0.3) is 5.69 Å². The molecule has 0 aliphatic heterocycles. The molecular weight excluding hydrogens is 385 g/mol. The Hall–Kier alpha value is -0.790. The number of hydrogen-bond donors (Lipinski definition) is 0. The van der Waals surface area contributed by atoms with Crippen molar-refractivity contribution in [3.8, 4) is 0 Å². The molecule has 0 saturated carbocycles. The summed E-state index contributed by atoms with van der Waals surface area (Å²) in [6.07, 6.45) is 0. The highest BCUT2D eigenvalue weighted by Crippen LogP contribution is 2.38. The largest absolute Gasteiger partial charge is 0.284 e. The molecule has 2 rings (SSSR count). The maximum atomic E-state index is 11.0. The maximum Gasteiger partial charge on any atom is 0.284 e. The van der Waals surface area contributed by atoms with Gasteiger partial charge in [-0.05, 0) is 52.9 Å². The molecule has 6 heteroatoms. The second kappa shape index (κ2) is 5.90. The van der Waals surface area contributed by atoms with Crippen LogP contribution in [0.25, 0.3) is 0 Å². The van der Waals surface area contributed by atoms with Crippen LogP contribution >= 0.6 is 46.0 Å². The van der Waals surface area contributed by atoms with Gasteiger partial charge in [0, 0.05) is 19.6 Å². The lowest BCUT2D eigenvalue weighted by atomic mass is 10.3. The minimum absolute atomic E-state index is 0.127. The van der Waals surface area contributed by atoms with Crippen LogP contribution in [0.5, 0.6) is 0 Å². The number of benzene rings is 2. The van der Waals surface area contributed by atoms with Gasteiger partial charge >= 0.3 is 0 Å². The minimum atomic E-state index is -0.361. The molecule has 0 atom stereocenters. The lowest BCUT2D eigenvalue weighted by molar-refractivity contribution is -0.387. The molecular formula is C12H7ClINO2S. The molecule has 92 valence electrons. The van der Waals surface area contributed by atoms with Gasteiger partial charge in [-0.2, -0.15) is 0 Å². The lowest BCUT2D eigenvalue weighted by Crippen LogP contribution is -1.92. The van der Waals surface area contributed by atoms with E-state index >= 15 is 0 Å². The summed E-state index contributed by atoms with van der Waals surface area (Å²) in [5, 5.41) is 11.6. The van der Waals surface area contributed by atoms with Gasteiger partial charge in [-0.1, -0.05) is 29.4 Å². The number of nitro benzene ring substituents is 1. The quantitative estimate of drug-likeness (QED) is 0.420. The number of hydrogen-bond acceptors (Lipinski definition) is 3. The SMILES string of the molecule is O=[N+]([O-])c1cccc(I)c1Sc1ccc(Cl)cc1. The summed E-state index contributed by atoms with van der Waals surface area (Å²) in [4.78, 5) is 12.2. The molecule has 0 radical (unpaired) electrons. The molecule has 0 aliphatic carbocycles. The monoisotopic (exact) mass is 391 g/mol. The first-order chi connectivity index (χ1) is 8.58. The number of nitro groups is 1. The Kier molecular flexibility index (Phi) is 4.47. The molecule has 2 aromatic carbocycles. The normalized spacial score (nSPS) is 10.3. The van der Waals surface area contributed by atoms with E-state index in [0.717, 1.165) is 8.47 Å².